The zero-order valence-electron chi connectivity index (χ0n) is 12.3. The van der Waals surface area contributed by atoms with E-state index in [9.17, 15) is 5.11 Å². The second-order valence-electron chi connectivity index (χ2n) is 4.80. The van der Waals surface area contributed by atoms with Crippen molar-refractivity contribution in [2.45, 2.75) is 27.1 Å². The Kier molecular flexibility index (Phi) is 5.20. The largest absolute Gasteiger partial charge is 0.497 e. The van der Waals surface area contributed by atoms with Crippen molar-refractivity contribution >= 4 is 15.9 Å². The first kappa shape index (κ1) is 15.8. The molecule has 0 fully saturated rings. The van der Waals surface area contributed by atoms with Gasteiger partial charge in [0.25, 0.3) is 0 Å². The molecular weight excluding hydrogens is 334 g/mol. The number of methoxy groups -OCH3 is 1. The number of pyridine rings is 1. The molecule has 0 aliphatic carbocycles. The van der Waals surface area contributed by atoms with Crippen LogP contribution in [-0.4, -0.2) is 17.2 Å². The maximum absolute atomic E-state index is 9.45. The molecule has 1 heterocycles. The van der Waals surface area contributed by atoms with E-state index < -0.39 is 0 Å². The monoisotopic (exact) mass is 351 g/mol. The number of hydrogen-bond donors (Lipinski definition) is 1. The summed E-state index contributed by atoms with van der Waals surface area (Å²) in [6.45, 7) is 4.12. The van der Waals surface area contributed by atoms with Gasteiger partial charge in [-0.3, -0.25) is 4.98 Å². The summed E-state index contributed by atoms with van der Waals surface area (Å²) in [6, 6.07) is 7.53. The van der Waals surface area contributed by atoms with Crippen LogP contribution in [0, 0.1) is 13.8 Å². The zero-order chi connectivity index (χ0) is 15.4. The van der Waals surface area contributed by atoms with Gasteiger partial charge in [-0.05, 0) is 31.5 Å². The van der Waals surface area contributed by atoms with Gasteiger partial charge in [0.2, 0.25) is 0 Å². The Morgan fingerprint density at radius 2 is 1.95 bits per heavy atom. The molecule has 112 valence electrons. The van der Waals surface area contributed by atoms with E-state index in [-0.39, 0.29) is 6.61 Å². The zero-order valence-corrected chi connectivity index (χ0v) is 13.9. The van der Waals surface area contributed by atoms with Crippen molar-refractivity contribution in [1.29, 1.82) is 0 Å². The first-order valence-electron chi connectivity index (χ1n) is 6.57. The minimum atomic E-state index is -0.0693. The maximum atomic E-state index is 9.45. The number of hydrogen-bond acceptors (Lipinski definition) is 4. The van der Waals surface area contributed by atoms with Crippen molar-refractivity contribution in [3.63, 3.8) is 0 Å². The molecule has 1 aromatic carbocycles. The summed E-state index contributed by atoms with van der Waals surface area (Å²) >= 11 is 3.42. The molecule has 0 aliphatic rings. The minimum Gasteiger partial charge on any atom is -0.497 e. The van der Waals surface area contributed by atoms with Gasteiger partial charge in [0.1, 0.15) is 18.1 Å². The summed E-state index contributed by atoms with van der Waals surface area (Å²) in [6.07, 6.45) is 0. The molecule has 0 atom stereocenters. The van der Waals surface area contributed by atoms with Gasteiger partial charge >= 0.3 is 0 Å². The topological polar surface area (TPSA) is 51.6 Å². The third-order valence-corrected chi connectivity index (χ3v) is 3.52. The average Bonchev–Trinajstić information content (AvgIpc) is 2.44. The number of aryl methyl sites for hydroxylation is 2. The molecule has 0 aliphatic heterocycles. The Morgan fingerprint density at radius 1 is 1.19 bits per heavy atom. The predicted molar refractivity (Wildman–Crippen MR) is 84.7 cm³/mol. The molecule has 0 radical (unpaired) electrons. The fourth-order valence-electron chi connectivity index (χ4n) is 2.16. The van der Waals surface area contributed by atoms with E-state index in [0.29, 0.717) is 12.4 Å². The lowest BCUT2D eigenvalue weighted by atomic mass is 10.1. The number of aliphatic hydroxyl groups excluding tert-OH is 1. The Labute approximate surface area is 132 Å². The van der Waals surface area contributed by atoms with E-state index in [4.69, 9.17) is 9.47 Å². The van der Waals surface area contributed by atoms with E-state index in [1.807, 2.05) is 38.1 Å². The Hall–Kier alpha value is -1.59. The Morgan fingerprint density at radius 3 is 2.62 bits per heavy atom. The molecule has 21 heavy (non-hydrogen) atoms. The standard InChI is InChI=1S/C16H18BrNO3/c1-10-4-13(17)6-12(8-19)16(10)21-9-14-7-15(20-3)5-11(2)18-14/h4-7,19H,8-9H2,1-3H3. The number of benzene rings is 1. The van der Waals surface area contributed by atoms with Crippen LogP contribution in [0.3, 0.4) is 0 Å². The molecule has 2 rings (SSSR count). The van der Waals surface area contributed by atoms with Gasteiger partial charge in [0.15, 0.2) is 0 Å². The highest BCUT2D eigenvalue weighted by Gasteiger charge is 2.10. The van der Waals surface area contributed by atoms with Crippen molar-refractivity contribution in [3.05, 3.63) is 51.3 Å². The molecular formula is C16H18BrNO3. The summed E-state index contributed by atoms with van der Waals surface area (Å²) in [5, 5.41) is 9.45. The molecule has 0 saturated heterocycles. The summed E-state index contributed by atoms with van der Waals surface area (Å²) in [7, 11) is 1.63. The second kappa shape index (κ2) is 6.91. The number of rotatable bonds is 5. The van der Waals surface area contributed by atoms with Gasteiger partial charge in [0, 0.05) is 27.9 Å². The van der Waals surface area contributed by atoms with E-state index >= 15 is 0 Å². The first-order chi connectivity index (χ1) is 10.0. The van der Waals surface area contributed by atoms with Crippen LogP contribution >= 0.6 is 15.9 Å². The van der Waals surface area contributed by atoms with Crippen LogP contribution in [0.2, 0.25) is 0 Å². The van der Waals surface area contributed by atoms with Crippen molar-refractivity contribution in [1.82, 2.24) is 4.98 Å². The molecule has 1 N–H and O–H groups in total. The highest BCUT2D eigenvalue weighted by Crippen LogP contribution is 2.29. The van der Waals surface area contributed by atoms with Gasteiger partial charge in [-0.25, -0.2) is 0 Å². The summed E-state index contributed by atoms with van der Waals surface area (Å²) in [4.78, 5) is 4.42. The molecule has 0 amide bonds. The average molecular weight is 352 g/mol. The van der Waals surface area contributed by atoms with Gasteiger partial charge in [0.05, 0.1) is 19.4 Å². The molecule has 0 bridgehead atoms. The van der Waals surface area contributed by atoms with Gasteiger partial charge < -0.3 is 14.6 Å². The van der Waals surface area contributed by atoms with E-state index in [2.05, 4.69) is 20.9 Å². The first-order valence-corrected chi connectivity index (χ1v) is 7.37. The SMILES string of the molecule is COc1cc(C)nc(COc2c(C)cc(Br)cc2CO)c1. The van der Waals surface area contributed by atoms with Crippen LogP contribution in [0.25, 0.3) is 0 Å². The van der Waals surface area contributed by atoms with Crippen LogP contribution < -0.4 is 9.47 Å². The molecule has 2 aromatic rings. The smallest absolute Gasteiger partial charge is 0.130 e. The quantitative estimate of drug-likeness (QED) is 0.894. The molecule has 1 aromatic heterocycles. The van der Waals surface area contributed by atoms with Crippen molar-refractivity contribution < 1.29 is 14.6 Å². The van der Waals surface area contributed by atoms with Crippen molar-refractivity contribution in [2.75, 3.05) is 7.11 Å². The van der Waals surface area contributed by atoms with Crippen molar-refractivity contribution in [3.8, 4) is 11.5 Å². The molecule has 4 nitrogen and oxygen atoms in total. The molecule has 0 spiro atoms. The minimum absolute atomic E-state index is 0.0693. The van der Waals surface area contributed by atoms with Crippen LogP contribution in [0.15, 0.2) is 28.7 Å². The highest BCUT2D eigenvalue weighted by atomic mass is 79.9. The molecule has 0 unspecified atom stereocenters. The number of ether oxygens (including phenoxy) is 2. The third-order valence-electron chi connectivity index (χ3n) is 3.07. The predicted octanol–water partition coefficient (Wildman–Crippen LogP) is 3.54. The van der Waals surface area contributed by atoms with Crippen LogP contribution in [0.4, 0.5) is 0 Å². The van der Waals surface area contributed by atoms with Crippen LogP contribution in [0.5, 0.6) is 11.5 Å². The normalized spacial score (nSPS) is 10.5. The van der Waals surface area contributed by atoms with E-state index in [1.165, 1.54) is 0 Å². The van der Waals surface area contributed by atoms with Crippen LogP contribution in [0.1, 0.15) is 22.5 Å². The van der Waals surface area contributed by atoms with E-state index in [0.717, 1.165) is 32.7 Å². The fourth-order valence-corrected chi connectivity index (χ4v) is 2.78. The van der Waals surface area contributed by atoms with Gasteiger partial charge in [-0.15, -0.1) is 0 Å². The number of aliphatic hydroxyl groups is 1. The molecule has 5 heteroatoms. The summed E-state index contributed by atoms with van der Waals surface area (Å²) in [5.41, 5.74) is 3.38. The van der Waals surface area contributed by atoms with Crippen LogP contribution in [-0.2, 0) is 13.2 Å². The fraction of sp³-hybridized carbons (Fsp3) is 0.312. The lowest BCUT2D eigenvalue weighted by molar-refractivity contribution is 0.256. The second-order valence-corrected chi connectivity index (χ2v) is 5.71. The van der Waals surface area contributed by atoms with Gasteiger partial charge in [-0.2, -0.15) is 0 Å². The number of aromatic nitrogens is 1. The summed E-state index contributed by atoms with van der Waals surface area (Å²) in [5.74, 6) is 1.46. The third kappa shape index (κ3) is 3.95. The number of halogens is 1. The molecule has 0 saturated carbocycles. The highest BCUT2D eigenvalue weighted by molar-refractivity contribution is 9.10. The Bertz CT molecular complexity index is 644. The maximum Gasteiger partial charge on any atom is 0.130 e. The lowest BCUT2D eigenvalue weighted by Gasteiger charge is -2.14. The summed E-state index contributed by atoms with van der Waals surface area (Å²) < 4.78 is 12.0. The number of nitrogens with zero attached hydrogens (tertiary/aromatic N) is 1. The van der Waals surface area contributed by atoms with Crippen molar-refractivity contribution in [2.24, 2.45) is 0 Å². The lowest BCUT2D eigenvalue weighted by Crippen LogP contribution is -2.04. The Balaban J connectivity index is 2.22. The van der Waals surface area contributed by atoms with Gasteiger partial charge in [-0.1, -0.05) is 15.9 Å². The van der Waals surface area contributed by atoms with E-state index in [1.54, 1.807) is 7.11 Å².